The summed E-state index contributed by atoms with van der Waals surface area (Å²) in [6.45, 7) is 13.9. The second-order valence-electron chi connectivity index (χ2n) is 17.9. The number of hydrogen-bond donors (Lipinski definition) is 1. The lowest BCUT2D eigenvalue weighted by atomic mass is 10.1. The molecular weight excluding hydrogens is 1030 g/mol. The monoisotopic (exact) mass is 1090 g/mol. The maximum Gasteiger partial charge on any atom is 0.410 e. The maximum absolute atomic E-state index is 14.8. The molecule has 0 radical (unpaired) electrons. The summed E-state index contributed by atoms with van der Waals surface area (Å²) in [6.07, 6.45) is -0.762. The summed E-state index contributed by atoms with van der Waals surface area (Å²) >= 11 is 15.0. The first-order valence-electron chi connectivity index (χ1n) is 22.3. The Morgan fingerprint density at radius 3 is 1.38 bits per heavy atom. The maximum atomic E-state index is 14.8. The van der Waals surface area contributed by atoms with Crippen LogP contribution in [0.5, 0.6) is 0 Å². The van der Waals surface area contributed by atoms with Crippen LogP contribution in [0.25, 0.3) is 0 Å². The van der Waals surface area contributed by atoms with Gasteiger partial charge in [-0.25, -0.2) is 37.5 Å². The standard InChI is InChI=1S/C25H29ClFN3O5.C16H22ClN3O3.C9H8BrFO2/c1-25(2,3)35-24(33)29-13-11-28(12-14-29)23(32)30(20-9-7-19(26)8-10-20)16-18-6-5-17(15-21(18)27)22(31)34-4;1-16(2,3)23-15(22)20-10-8-19(9-11-20)14(21)18-13-6-4-12(17)5-7-13;1-13-9(12)6-2-3-7(5-10)8(11)4-6/h5-10,15H,11-14,16H2,1-4H3;4-7H,8-11H2,1-3H3,(H,18,21);2-4H,5H2,1H3. The van der Waals surface area contributed by atoms with Gasteiger partial charge in [-0.05, 0) is 120 Å². The Morgan fingerprint density at radius 2 is 0.986 bits per heavy atom. The number of hydrogen-bond acceptors (Lipinski definition) is 10. The molecule has 6 amide bonds. The van der Waals surface area contributed by atoms with Crippen LogP contribution >= 0.6 is 39.1 Å². The van der Waals surface area contributed by atoms with Crippen LogP contribution in [-0.2, 0) is 30.8 Å². The van der Waals surface area contributed by atoms with Gasteiger partial charge in [-0.2, -0.15) is 0 Å². The van der Waals surface area contributed by atoms with Gasteiger partial charge in [0.2, 0.25) is 0 Å². The summed E-state index contributed by atoms with van der Waals surface area (Å²) in [5, 5.41) is 4.37. The molecule has 0 spiro atoms. The van der Waals surface area contributed by atoms with Crippen molar-refractivity contribution >= 4 is 86.7 Å². The number of urea groups is 2. The van der Waals surface area contributed by atoms with Crippen molar-refractivity contribution in [3.8, 4) is 0 Å². The number of benzene rings is 4. The summed E-state index contributed by atoms with van der Waals surface area (Å²) in [6, 6.07) is 21.3. The molecule has 384 valence electrons. The molecule has 2 aliphatic heterocycles. The predicted molar refractivity (Wildman–Crippen MR) is 270 cm³/mol. The molecule has 0 bridgehead atoms. The zero-order valence-electron chi connectivity index (χ0n) is 40.9. The first-order chi connectivity index (χ1) is 33.4. The highest BCUT2D eigenvalue weighted by atomic mass is 79.9. The van der Waals surface area contributed by atoms with Crippen molar-refractivity contribution in [2.45, 2.75) is 64.6 Å². The number of carbonyl (C=O) groups excluding carboxylic acids is 6. The molecule has 21 heteroatoms. The number of amides is 6. The van der Waals surface area contributed by atoms with Crippen LogP contribution in [0.4, 0.5) is 39.3 Å². The SMILES string of the molecule is CC(C)(C)OC(=O)N1CCN(C(=O)Nc2ccc(Cl)cc2)CC1.COC(=O)c1ccc(CBr)c(F)c1.COC(=O)c1ccc(CN(C(=O)N2CCN(C(=O)OC(C)(C)C)CC2)c2ccc(Cl)cc2)c(F)c1. The van der Waals surface area contributed by atoms with Gasteiger partial charge >= 0.3 is 36.2 Å². The van der Waals surface area contributed by atoms with Crippen LogP contribution in [0.15, 0.2) is 84.9 Å². The largest absolute Gasteiger partial charge is 0.465 e. The van der Waals surface area contributed by atoms with E-state index in [1.54, 1.807) is 95.0 Å². The third-order valence-corrected chi connectivity index (χ3v) is 11.4. The highest BCUT2D eigenvalue weighted by Gasteiger charge is 2.31. The number of anilines is 2. The first kappa shape index (κ1) is 57.4. The van der Waals surface area contributed by atoms with E-state index in [2.05, 4.69) is 30.7 Å². The minimum atomic E-state index is -0.649. The van der Waals surface area contributed by atoms with Crippen molar-refractivity contribution in [1.82, 2.24) is 19.6 Å². The summed E-state index contributed by atoms with van der Waals surface area (Å²) < 4.78 is 47.8. The smallest absolute Gasteiger partial charge is 0.410 e. The van der Waals surface area contributed by atoms with E-state index in [1.165, 1.54) is 43.4 Å². The normalized spacial score (nSPS) is 13.6. The molecule has 4 aromatic rings. The van der Waals surface area contributed by atoms with E-state index in [1.807, 2.05) is 20.8 Å². The number of carbonyl (C=O) groups is 6. The first-order valence-corrected chi connectivity index (χ1v) is 24.2. The summed E-state index contributed by atoms with van der Waals surface area (Å²) in [5.74, 6) is -2.21. The Hall–Kier alpha value is -6.18. The predicted octanol–water partition coefficient (Wildman–Crippen LogP) is 10.9. The Kier molecular flexibility index (Phi) is 21.3. The van der Waals surface area contributed by atoms with Gasteiger partial charge in [0.15, 0.2) is 0 Å². The topological polar surface area (TPSA) is 168 Å². The third kappa shape index (κ3) is 18.2. The van der Waals surface area contributed by atoms with Gasteiger partial charge in [-0.15, -0.1) is 0 Å². The molecule has 0 unspecified atom stereocenters. The van der Waals surface area contributed by atoms with Gasteiger partial charge in [0.1, 0.15) is 22.8 Å². The number of methoxy groups -OCH3 is 2. The average molecular weight is 1090 g/mol. The molecule has 0 aromatic heterocycles. The van der Waals surface area contributed by atoms with Gasteiger partial charge < -0.3 is 43.9 Å². The summed E-state index contributed by atoms with van der Waals surface area (Å²) in [4.78, 5) is 80.6. The van der Waals surface area contributed by atoms with Crippen LogP contribution in [0, 0.1) is 11.6 Å². The van der Waals surface area contributed by atoms with Crippen molar-refractivity contribution in [3.63, 3.8) is 0 Å². The minimum absolute atomic E-state index is 0.0694. The number of rotatable bonds is 7. The highest BCUT2D eigenvalue weighted by Crippen LogP contribution is 2.25. The van der Waals surface area contributed by atoms with Crippen molar-refractivity contribution in [1.29, 1.82) is 0 Å². The van der Waals surface area contributed by atoms with Crippen LogP contribution in [0.2, 0.25) is 10.0 Å². The van der Waals surface area contributed by atoms with E-state index in [0.717, 1.165) is 6.07 Å². The molecule has 6 rings (SSSR count). The van der Waals surface area contributed by atoms with E-state index >= 15 is 0 Å². The highest BCUT2D eigenvalue weighted by molar-refractivity contribution is 9.08. The summed E-state index contributed by atoms with van der Waals surface area (Å²) in [7, 11) is 2.48. The Morgan fingerprint density at radius 1 is 0.592 bits per heavy atom. The Bertz CT molecular complexity index is 2480. The zero-order valence-corrected chi connectivity index (χ0v) is 44.0. The molecule has 0 aliphatic carbocycles. The van der Waals surface area contributed by atoms with Crippen molar-refractivity contribution in [3.05, 3.63) is 129 Å². The fourth-order valence-electron chi connectivity index (χ4n) is 6.61. The van der Waals surface area contributed by atoms with E-state index in [4.69, 9.17) is 32.7 Å². The lowest BCUT2D eigenvalue weighted by molar-refractivity contribution is 0.0165. The summed E-state index contributed by atoms with van der Waals surface area (Å²) in [5.41, 5.74) is 1.16. The third-order valence-electron chi connectivity index (χ3n) is 10.3. The zero-order chi connectivity index (χ0) is 52.6. The van der Waals surface area contributed by atoms with Crippen LogP contribution in [0.1, 0.15) is 73.4 Å². The molecule has 2 saturated heterocycles. The van der Waals surface area contributed by atoms with E-state index in [0.29, 0.717) is 84.7 Å². The van der Waals surface area contributed by atoms with Gasteiger partial charge in [0.05, 0.1) is 31.9 Å². The average Bonchev–Trinajstić information content (AvgIpc) is 3.33. The minimum Gasteiger partial charge on any atom is -0.465 e. The molecule has 2 fully saturated rings. The molecule has 16 nitrogen and oxygen atoms in total. The quantitative estimate of drug-likeness (QED) is 0.107. The Balaban J connectivity index is 0.000000259. The number of esters is 2. The van der Waals surface area contributed by atoms with Crippen molar-refractivity contribution < 1.29 is 56.5 Å². The number of nitrogens with one attached hydrogen (secondary N) is 1. The molecule has 2 aliphatic rings. The number of alkyl halides is 1. The number of ether oxygens (including phenoxy) is 4. The molecule has 2 heterocycles. The molecule has 1 N–H and O–H groups in total. The molecule has 4 aromatic carbocycles. The molecule has 0 atom stereocenters. The lowest BCUT2D eigenvalue weighted by Crippen LogP contribution is -2.54. The second-order valence-corrected chi connectivity index (χ2v) is 19.4. The van der Waals surface area contributed by atoms with Gasteiger partial charge in [0.25, 0.3) is 0 Å². The van der Waals surface area contributed by atoms with Crippen LogP contribution < -0.4 is 10.2 Å². The lowest BCUT2D eigenvalue weighted by Gasteiger charge is -2.38. The van der Waals surface area contributed by atoms with E-state index in [9.17, 15) is 37.5 Å². The van der Waals surface area contributed by atoms with Gasteiger partial charge in [-0.3, -0.25) is 4.90 Å². The van der Waals surface area contributed by atoms with Crippen molar-refractivity contribution in [2.24, 2.45) is 0 Å². The fraction of sp³-hybridized carbons (Fsp3) is 0.400. The number of nitrogens with zero attached hydrogens (tertiary/aromatic N) is 5. The molecule has 71 heavy (non-hydrogen) atoms. The molecular formula is C50H59BrCl2F2N6O10. The van der Waals surface area contributed by atoms with Crippen molar-refractivity contribution in [2.75, 3.05) is 76.8 Å². The number of piperazine rings is 2. The Labute approximate surface area is 431 Å². The van der Waals surface area contributed by atoms with E-state index < -0.39 is 40.9 Å². The van der Waals surface area contributed by atoms with Crippen LogP contribution in [0.3, 0.4) is 0 Å². The van der Waals surface area contributed by atoms with Crippen LogP contribution in [-0.4, -0.2) is 134 Å². The fourth-order valence-corrected chi connectivity index (χ4v) is 7.32. The van der Waals surface area contributed by atoms with Gasteiger partial charge in [-0.1, -0.05) is 51.3 Å². The number of halogens is 5. The molecule has 0 saturated carbocycles. The second kappa shape index (κ2) is 26.3. The van der Waals surface area contributed by atoms with E-state index in [-0.39, 0.29) is 41.4 Å². The van der Waals surface area contributed by atoms with Gasteiger partial charge in [0, 0.05) is 84.7 Å².